The average molecular weight is 395 g/mol. The molecule has 2 amide bonds. The Morgan fingerprint density at radius 2 is 1.79 bits per heavy atom. The highest BCUT2D eigenvalue weighted by Crippen LogP contribution is 2.30. The largest absolute Gasteiger partial charge is 0.332 e. The first-order chi connectivity index (χ1) is 10.9. The fourth-order valence-corrected chi connectivity index (χ4v) is 3.32. The number of rotatable bonds is 5. The van der Waals surface area contributed by atoms with Crippen molar-refractivity contribution in [2.24, 2.45) is 5.73 Å². The Labute approximate surface area is 158 Å². The molecule has 24 heavy (non-hydrogen) atoms. The van der Waals surface area contributed by atoms with Crippen LogP contribution in [0.2, 0.25) is 10.0 Å². The van der Waals surface area contributed by atoms with Crippen LogP contribution in [0.15, 0.2) is 18.2 Å². The van der Waals surface area contributed by atoms with E-state index in [1.807, 2.05) is 6.92 Å². The van der Waals surface area contributed by atoms with E-state index in [-0.39, 0.29) is 30.8 Å². The van der Waals surface area contributed by atoms with Gasteiger partial charge < -0.3 is 16.0 Å². The third-order valence-corrected chi connectivity index (χ3v) is 4.78. The van der Waals surface area contributed by atoms with Gasteiger partial charge in [-0.1, -0.05) is 42.1 Å². The van der Waals surface area contributed by atoms with Gasteiger partial charge in [0.25, 0.3) is 0 Å². The van der Waals surface area contributed by atoms with Crippen molar-refractivity contribution >= 4 is 53.1 Å². The number of para-hydroxylation sites is 1. The molecule has 1 saturated carbocycles. The van der Waals surface area contributed by atoms with E-state index in [0.717, 1.165) is 12.8 Å². The molecule has 0 radical (unpaired) electrons. The van der Waals surface area contributed by atoms with Crippen molar-refractivity contribution in [3.8, 4) is 0 Å². The Bertz CT molecular complexity index is 584. The topological polar surface area (TPSA) is 75.4 Å². The quantitative estimate of drug-likeness (QED) is 0.803. The third kappa shape index (κ3) is 4.76. The molecule has 0 aromatic heterocycles. The lowest BCUT2D eigenvalue weighted by molar-refractivity contribution is -0.139. The van der Waals surface area contributed by atoms with Crippen LogP contribution in [0, 0.1) is 0 Å². The summed E-state index contributed by atoms with van der Waals surface area (Å²) in [6, 6.07) is 4.97. The van der Waals surface area contributed by atoms with E-state index < -0.39 is 5.54 Å². The molecule has 2 rings (SSSR count). The fourth-order valence-electron chi connectivity index (χ4n) is 2.83. The summed E-state index contributed by atoms with van der Waals surface area (Å²) in [6.45, 7) is 2.17. The summed E-state index contributed by atoms with van der Waals surface area (Å²) in [5, 5.41) is 3.37. The number of nitrogens with one attached hydrogen (secondary N) is 1. The third-order valence-electron chi connectivity index (χ3n) is 4.15. The Balaban J connectivity index is 0.00000288. The molecule has 5 nitrogen and oxygen atoms in total. The number of carbonyl (C=O) groups is 2. The molecule has 0 unspecified atom stereocenters. The first kappa shape index (κ1) is 21.0. The van der Waals surface area contributed by atoms with Crippen LogP contribution in [-0.2, 0) is 9.59 Å². The Morgan fingerprint density at radius 3 is 2.29 bits per heavy atom. The number of anilines is 1. The highest BCUT2D eigenvalue weighted by molar-refractivity contribution is 6.39. The maximum atomic E-state index is 12.6. The second-order valence-electron chi connectivity index (χ2n) is 5.83. The van der Waals surface area contributed by atoms with Gasteiger partial charge in [0.2, 0.25) is 11.8 Å². The maximum Gasteiger partial charge on any atom is 0.244 e. The molecule has 0 bridgehead atoms. The molecule has 134 valence electrons. The van der Waals surface area contributed by atoms with E-state index in [4.69, 9.17) is 28.9 Å². The van der Waals surface area contributed by atoms with Gasteiger partial charge in [-0.2, -0.15) is 0 Å². The number of nitrogens with zero attached hydrogens (tertiary/aromatic N) is 1. The van der Waals surface area contributed by atoms with Crippen LogP contribution in [0.5, 0.6) is 0 Å². The van der Waals surface area contributed by atoms with E-state index in [1.165, 1.54) is 4.90 Å². The minimum Gasteiger partial charge on any atom is -0.332 e. The molecular weight excluding hydrogens is 373 g/mol. The molecule has 0 heterocycles. The molecule has 1 aliphatic carbocycles. The smallest absolute Gasteiger partial charge is 0.244 e. The van der Waals surface area contributed by atoms with E-state index >= 15 is 0 Å². The van der Waals surface area contributed by atoms with E-state index in [2.05, 4.69) is 5.32 Å². The van der Waals surface area contributed by atoms with Gasteiger partial charge in [0, 0.05) is 6.54 Å². The first-order valence-electron chi connectivity index (χ1n) is 7.69. The Kier molecular flexibility index (Phi) is 7.80. The van der Waals surface area contributed by atoms with E-state index in [9.17, 15) is 9.59 Å². The van der Waals surface area contributed by atoms with Gasteiger partial charge in [-0.3, -0.25) is 9.59 Å². The summed E-state index contributed by atoms with van der Waals surface area (Å²) < 4.78 is 0. The van der Waals surface area contributed by atoms with Crippen molar-refractivity contribution in [2.45, 2.75) is 38.1 Å². The van der Waals surface area contributed by atoms with E-state index in [1.54, 1.807) is 18.2 Å². The highest BCUT2D eigenvalue weighted by Gasteiger charge is 2.39. The van der Waals surface area contributed by atoms with Crippen LogP contribution in [0.25, 0.3) is 0 Å². The van der Waals surface area contributed by atoms with Gasteiger partial charge in [0.1, 0.15) is 0 Å². The predicted octanol–water partition coefficient (Wildman–Crippen LogP) is 3.47. The zero-order valence-electron chi connectivity index (χ0n) is 13.5. The number of nitrogens with two attached hydrogens (primary N) is 1. The molecule has 0 aliphatic heterocycles. The molecular formula is C16H22Cl3N3O2. The van der Waals surface area contributed by atoms with Crippen LogP contribution < -0.4 is 11.1 Å². The Hall–Kier alpha value is -1.01. The minimum absolute atomic E-state index is 0. The van der Waals surface area contributed by atoms with Gasteiger partial charge in [0.05, 0.1) is 27.8 Å². The molecule has 1 aromatic carbocycles. The zero-order chi connectivity index (χ0) is 17.0. The lowest BCUT2D eigenvalue weighted by atomic mass is 9.97. The SMILES string of the molecule is CCN(CC(=O)Nc1c(Cl)cccc1Cl)C(=O)C1(N)CCCC1.Cl. The molecule has 1 aromatic rings. The van der Waals surface area contributed by atoms with Gasteiger partial charge in [-0.15, -0.1) is 12.4 Å². The molecule has 0 spiro atoms. The monoisotopic (exact) mass is 393 g/mol. The zero-order valence-corrected chi connectivity index (χ0v) is 15.8. The van der Waals surface area contributed by atoms with Crippen LogP contribution in [0.3, 0.4) is 0 Å². The lowest BCUT2D eigenvalue weighted by Crippen LogP contribution is -2.55. The van der Waals surface area contributed by atoms with Crippen LogP contribution in [0.4, 0.5) is 5.69 Å². The summed E-state index contributed by atoms with van der Waals surface area (Å²) in [5.74, 6) is -0.519. The fraction of sp³-hybridized carbons (Fsp3) is 0.500. The Morgan fingerprint density at radius 1 is 1.25 bits per heavy atom. The standard InChI is InChI=1S/C16H21Cl2N3O2.ClH/c1-2-21(15(23)16(19)8-3-4-9-16)10-13(22)20-14-11(17)6-5-7-12(14)18;/h5-7H,2-4,8-10,19H2,1H3,(H,20,22);1H. The van der Waals surface area contributed by atoms with E-state index in [0.29, 0.717) is 35.1 Å². The number of carbonyl (C=O) groups excluding carboxylic acids is 2. The van der Waals surface area contributed by atoms with Crippen LogP contribution >= 0.6 is 35.6 Å². The second kappa shape index (κ2) is 8.90. The van der Waals surface area contributed by atoms with Crippen molar-refractivity contribution in [1.29, 1.82) is 0 Å². The molecule has 1 fully saturated rings. The minimum atomic E-state index is -0.835. The molecule has 0 atom stereocenters. The van der Waals surface area contributed by atoms with Crippen molar-refractivity contribution in [3.63, 3.8) is 0 Å². The average Bonchev–Trinajstić information content (AvgIpc) is 2.96. The number of hydrogen-bond donors (Lipinski definition) is 2. The number of halogens is 3. The van der Waals surface area contributed by atoms with Gasteiger partial charge in [-0.25, -0.2) is 0 Å². The van der Waals surface area contributed by atoms with Gasteiger partial charge in [-0.05, 0) is 31.9 Å². The number of benzene rings is 1. The van der Waals surface area contributed by atoms with Crippen LogP contribution in [0.1, 0.15) is 32.6 Å². The van der Waals surface area contributed by atoms with Crippen molar-refractivity contribution in [1.82, 2.24) is 4.90 Å². The van der Waals surface area contributed by atoms with Crippen LogP contribution in [-0.4, -0.2) is 35.3 Å². The number of amides is 2. The van der Waals surface area contributed by atoms with Gasteiger partial charge >= 0.3 is 0 Å². The van der Waals surface area contributed by atoms with Crippen molar-refractivity contribution < 1.29 is 9.59 Å². The van der Waals surface area contributed by atoms with Crippen molar-refractivity contribution in [3.05, 3.63) is 28.2 Å². The molecule has 8 heteroatoms. The summed E-state index contributed by atoms with van der Waals surface area (Å²) in [6.07, 6.45) is 3.23. The summed E-state index contributed by atoms with van der Waals surface area (Å²) in [7, 11) is 0. The first-order valence-corrected chi connectivity index (χ1v) is 8.45. The molecule has 3 N–H and O–H groups in total. The summed E-state index contributed by atoms with van der Waals surface area (Å²) in [5.41, 5.74) is 5.71. The van der Waals surface area contributed by atoms with Gasteiger partial charge in [0.15, 0.2) is 0 Å². The molecule has 1 aliphatic rings. The number of hydrogen-bond acceptors (Lipinski definition) is 3. The van der Waals surface area contributed by atoms with Crippen molar-refractivity contribution in [2.75, 3.05) is 18.4 Å². The summed E-state index contributed by atoms with van der Waals surface area (Å²) >= 11 is 12.1. The highest BCUT2D eigenvalue weighted by atomic mass is 35.5. The molecule has 0 saturated heterocycles. The lowest BCUT2D eigenvalue weighted by Gasteiger charge is -2.30. The second-order valence-corrected chi connectivity index (χ2v) is 6.64. The summed E-state index contributed by atoms with van der Waals surface area (Å²) in [4.78, 5) is 26.3. The predicted molar refractivity (Wildman–Crippen MR) is 100.0 cm³/mol. The normalized spacial score (nSPS) is 15.5. The maximum absolute atomic E-state index is 12.6. The number of likely N-dealkylation sites (N-methyl/N-ethyl adjacent to an activating group) is 1.